The van der Waals surface area contributed by atoms with Crippen LogP contribution in [0.25, 0.3) is 0 Å². The van der Waals surface area contributed by atoms with E-state index >= 15 is 0 Å². The van der Waals surface area contributed by atoms with Gasteiger partial charge in [-0.15, -0.1) is 0 Å². The van der Waals surface area contributed by atoms with Gasteiger partial charge in [-0.25, -0.2) is 0 Å². The number of hydrogen-bond donors (Lipinski definition) is 2. The minimum Gasteiger partial charge on any atom is -0.496 e. The third-order valence-corrected chi connectivity index (χ3v) is 3.64. The van der Waals surface area contributed by atoms with Crippen molar-refractivity contribution in [3.8, 4) is 5.75 Å². The van der Waals surface area contributed by atoms with Gasteiger partial charge in [0.1, 0.15) is 11.9 Å². The van der Waals surface area contributed by atoms with Crippen LogP contribution in [-0.2, 0) is 0 Å². The molecular formula is C14H18BrF3O3. The van der Waals surface area contributed by atoms with Crippen molar-refractivity contribution in [3.63, 3.8) is 0 Å². The van der Waals surface area contributed by atoms with E-state index in [0.717, 1.165) is 0 Å². The number of hydrogen-bond acceptors (Lipinski definition) is 3. The van der Waals surface area contributed by atoms with Crippen molar-refractivity contribution in [2.75, 3.05) is 7.11 Å². The standard InChI is InChI=1S/C14H18BrF3O3/c1-8(2)7-13(20,14(16,17)18)12(19)10-6-9(15)4-5-11(10)21-3/h4-6,8,12,19-20H,7H2,1-3H3. The Balaban J connectivity index is 3.35. The zero-order chi connectivity index (χ0) is 16.4. The van der Waals surface area contributed by atoms with E-state index in [4.69, 9.17) is 4.74 Å². The van der Waals surface area contributed by atoms with Crippen LogP contribution in [0.3, 0.4) is 0 Å². The van der Waals surface area contributed by atoms with Crippen LogP contribution in [0.2, 0.25) is 0 Å². The van der Waals surface area contributed by atoms with Gasteiger partial charge in [-0.05, 0) is 30.5 Å². The molecular weight excluding hydrogens is 353 g/mol. The molecule has 7 heteroatoms. The van der Waals surface area contributed by atoms with Crippen LogP contribution in [-0.4, -0.2) is 29.1 Å². The van der Waals surface area contributed by atoms with Crippen molar-refractivity contribution in [1.29, 1.82) is 0 Å². The van der Waals surface area contributed by atoms with E-state index in [1.165, 1.54) is 19.2 Å². The number of aliphatic hydroxyl groups excluding tert-OH is 1. The predicted octanol–water partition coefficient (Wildman–Crippen LogP) is 3.83. The van der Waals surface area contributed by atoms with Crippen LogP contribution in [0.5, 0.6) is 5.75 Å². The van der Waals surface area contributed by atoms with Gasteiger partial charge in [-0.3, -0.25) is 0 Å². The summed E-state index contributed by atoms with van der Waals surface area (Å²) in [4.78, 5) is 0. The molecule has 0 radical (unpaired) electrons. The topological polar surface area (TPSA) is 49.7 Å². The van der Waals surface area contributed by atoms with Gasteiger partial charge in [0, 0.05) is 10.0 Å². The molecule has 1 aromatic rings. The highest BCUT2D eigenvalue weighted by Gasteiger charge is 2.59. The minimum absolute atomic E-state index is 0.0807. The molecule has 0 saturated carbocycles. The molecule has 0 amide bonds. The van der Waals surface area contributed by atoms with Crippen LogP contribution in [0, 0.1) is 5.92 Å². The Hall–Kier alpha value is -0.790. The molecule has 0 aliphatic heterocycles. The lowest BCUT2D eigenvalue weighted by Gasteiger charge is -2.36. The van der Waals surface area contributed by atoms with Crippen molar-refractivity contribution < 1.29 is 28.1 Å². The summed E-state index contributed by atoms with van der Waals surface area (Å²) in [5.41, 5.74) is -3.36. The van der Waals surface area contributed by atoms with Crippen molar-refractivity contribution in [2.24, 2.45) is 5.92 Å². The number of ether oxygens (including phenoxy) is 1. The summed E-state index contributed by atoms with van der Waals surface area (Å²) in [7, 11) is 1.29. The van der Waals surface area contributed by atoms with Gasteiger partial charge < -0.3 is 14.9 Å². The van der Waals surface area contributed by atoms with E-state index in [1.807, 2.05) is 0 Å². The van der Waals surface area contributed by atoms with E-state index in [1.54, 1.807) is 19.9 Å². The van der Waals surface area contributed by atoms with E-state index in [0.29, 0.717) is 4.47 Å². The maximum atomic E-state index is 13.3. The molecule has 1 aromatic carbocycles. The lowest BCUT2D eigenvalue weighted by atomic mass is 9.83. The van der Waals surface area contributed by atoms with Crippen molar-refractivity contribution in [2.45, 2.75) is 38.1 Å². The van der Waals surface area contributed by atoms with Crippen molar-refractivity contribution in [1.82, 2.24) is 0 Å². The molecule has 0 aliphatic carbocycles. The quantitative estimate of drug-likeness (QED) is 0.827. The zero-order valence-corrected chi connectivity index (χ0v) is 13.5. The van der Waals surface area contributed by atoms with E-state index < -0.39 is 30.2 Å². The summed E-state index contributed by atoms with van der Waals surface area (Å²) in [5, 5.41) is 20.3. The second-order valence-electron chi connectivity index (χ2n) is 5.31. The summed E-state index contributed by atoms with van der Waals surface area (Å²) in [6.07, 6.45) is -7.73. The Kier molecular flexibility index (Phi) is 5.69. The van der Waals surface area contributed by atoms with E-state index in [2.05, 4.69) is 15.9 Å². The SMILES string of the molecule is COc1ccc(Br)cc1C(O)C(O)(CC(C)C)C(F)(F)F. The lowest BCUT2D eigenvalue weighted by molar-refractivity contribution is -0.297. The highest BCUT2D eigenvalue weighted by Crippen LogP contribution is 2.46. The lowest BCUT2D eigenvalue weighted by Crippen LogP contribution is -2.51. The molecule has 1 rings (SSSR count). The Morgan fingerprint density at radius 3 is 2.29 bits per heavy atom. The second-order valence-corrected chi connectivity index (χ2v) is 6.22. The molecule has 21 heavy (non-hydrogen) atoms. The first-order valence-corrected chi connectivity index (χ1v) is 7.12. The number of methoxy groups -OCH3 is 1. The van der Waals surface area contributed by atoms with Gasteiger partial charge in [0.15, 0.2) is 5.60 Å². The molecule has 120 valence electrons. The van der Waals surface area contributed by atoms with Gasteiger partial charge in [0.25, 0.3) is 0 Å². The first kappa shape index (κ1) is 18.3. The minimum atomic E-state index is -4.97. The fraction of sp³-hybridized carbons (Fsp3) is 0.571. The molecule has 0 fully saturated rings. The van der Waals surface area contributed by atoms with Crippen LogP contribution in [0.4, 0.5) is 13.2 Å². The molecule has 2 atom stereocenters. The average Bonchev–Trinajstić information content (AvgIpc) is 2.35. The number of alkyl halides is 3. The molecule has 0 heterocycles. The van der Waals surface area contributed by atoms with Crippen LogP contribution in [0.15, 0.2) is 22.7 Å². The third kappa shape index (κ3) is 3.90. The van der Waals surface area contributed by atoms with Gasteiger partial charge in [-0.2, -0.15) is 13.2 Å². The number of benzene rings is 1. The van der Waals surface area contributed by atoms with E-state index in [9.17, 15) is 23.4 Å². The summed E-state index contributed by atoms with van der Waals surface area (Å²) in [6.45, 7) is 3.09. The number of aliphatic hydroxyl groups is 2. The highest BCUT2D eigenvalue weighted by atomic mass is 79.9. The highest BCUT2D eigenvalue weighted by molar-refractivity contribution is 9.10. The first-order valence-electron chi connectivity index (χ1n) is 6.33. The Labute approximate surface area is 129 Å². The molecule has 0 aromatic heterocycles. The molecule has 0 bridgehead atoms. The summed E-state index contributed by atoms with van der Waals surface area (Å²) < 4.78 is 45.3. The summed E-state index contributed by atoms with van der Waals surface area (Å²) in [5.74, 6) is -0.374. The Morgan fingerprint density at radius 2 is 1.86 bits per heavy atom. The zero-order valence-electron chi connectivity index (χ0n) is 11.9. The second kappa shape index (κ2) is 6.54. The van der Waals surface area contributed by atoms with E-state index in [-0.39, 0.29) is 11.3 Å². The fourth-order valence-electron chi connectivity index (χ4n) is 2.18. The maximum absolute atomic E-state index is 13.3. The van der Waals surface area contributed by atoms with Crippen LogP contribution >= 0.6 is 15.9 Å². The maximum Gasteiger partial charge on any atom is 0.420 e. The third-order valence-electron chi connectivity index (χ3n) is 3.15. The largest absolute Gasteiger partial charge is 0.496 e. The summed E-state index contributed by atoms with van der Waals surface area (Å²) in [6, 6.07) is 4.31. The van der Waals surface area contributed by atoms with Gasteiger partial charge in [0.05, 0.1) is 7.11 Å². The van der Waals surface area contributed by atoms with Crippen LogP contribution < -0.4 is 4.74 Å². The molecule has 0 aliphatic rings. The fourth-order valence-corrected chi connectivity index (χ4v) is 2.56. The number of halogens is 4. The number of rotatable bonds is 5. The van der Waals surface area contributed by atoms with Crippen LogP contribution in [0.1, 0.15) is 31.9 Å². The Bertz CT molecular complexity index is 491. The monoisotopic (exact) mass is 370 g/mol. The predicted molar refractivity (Wildman–Crippen MR) is 76.1 cm³/mol. The molecule has 3 nitrogen and oxygen atoms in total. The van der Waals surface area contributed by atoms with Gasteiger partial charge >= 0.3 is 6.18 Å². The Morgan fingerprint density at radius 1 is 1.29 bits per heavy atom. The van der Waals surface area contributed by atoms with Crippen molar-refractivity contribution in [3.05, 3.63) is 28.2 Å². The molecule has 2 N–H and O–H groups in total. The van der Waals surface area contributed by atoms with Gasteiger partial charge in [-0.1, -0.05) is 29.8 Å². The average molecular weight is 371 g/mol. The van der Waals surface area contributed by atoms with Crippen molar-refractivity contribution >= 4 is 15.9 Å². The summed E-state index contributed by atoms with van der Waals surface area (Å²) >= 11 is 3.13. The first-order chi connectivity index (χ1) is 9.52. The smallest absolute Gasteiger partial charge is 0.420 e. The van der Waals surface area contributed by atoms with Gasteiger partial charge in [0.2, 0.25) is 0 Å². The molecule has 0 saturated heterocycles. The molecule has 0 spiro atoms. The normalized spacial score (nSPS) is 16.7. The molecule has 2 unspecified atom stereocenters.